The Morgan fingerprint density at radius 1 is 1.33 bits per heavy atom. The smallest absolute Gasteiger partial charge is 0.245 e. The van der Waals surface area contributed by atoms with Gasteiger partial charge < -0.3 is 0 Å². The van der Waals surface area contributed by atoms with Gasteiger partial charge >= 0.3 is 0 Å². The summed E-state index contributed by atoms with van der Waals surface area (Å²) in [5.74, 6) is 0. The van der Waals surface area contributed by atoms with Gasteiger partial charge in [-0.3, -0.25) is 4.79 Å². The minimum absolute atomic E-state index is 0.469. The van der Waals surface area contributed by atoms with Crippen molar-refractivity contribution in [1.82, 2.24) is 0 Å². The first-order valence-corrected chi connectivity index (χ1v) is 2.80. The van der Waals surface area contributed by atoms with Gasteiger partial charge in [0.2, 0.25) is 5.24 Å². The number of rotatable bonds is 3. The van der Waals surface area contributed by atoms with Crippen molar-refractivity contribution in [3.63, 3.8) is 0 Å². The Kier molecular flexibility index (Phi) is 4.83. The van der Waals surface area contributed by atoms with Crippen LogP contribution in [0.25, 0.3) is 0 Å². The van der Waals surface area contributed by atoms with Crippen LogP contribution in [0, 0.1) is 0 Å². The largest absolute Gasteiger partial charge is 0.276 e. The lowest BCUT2D eigenvalue weighted by Gasteiger charge is -1.70. The minimum Gasteiger partial charge on any atom is -0.276 e. The monoisotopic (exact) mass is 142 g/mol. The van der Waals surface area contributed by atoms with Crippen molar-refractivity contribution in [3.8, 4) is 0 Å². The van der Waals surface area contributed by atoms with Crippen LogP contribution in [-0.4, -0.2) is 5.24 Å². The summed E-state index contributed by atoms with van der Waals surface area (Å²) in [4.78, 5) is 10.0. The fraction of sp³-hybridized carbons (Fsp3) is 0. The van der Waals surface area contributed by atoms with Crippen LogP contribution >= 0.6 is 11.6 Å². The summed E-state index contributed by atoms with van der Waals surface area (Å²) in [7, 11) is 0. The Bertz CT molecular complexity index is 156. The Balaban J connectivity index is 3.59. The van der Waals surface area contributed by atoms with Gasteiger partial charge in [0.25, 0.3) is 0 Å². The van der Waals surface area contributed by atoms with Crippen LogP contribution in [0.15, 0.2) is 37.0 Å². The van der Waals surface area contributed by atoms with Gasteiger partial charge in [0.05, 0.1) is 0 Å². The first-order valence-electron chi connectivity index (χ1n) is 2.42. The molecule has 0 aliphatic carbocycles. The van der Waals surface area contributed by atoms with E-state index in [2.05, 4.69) is 6.58 Å². The van der Waals surface area contributed by atoms with E-state index in [4.69, 9.17) is 11.6 Å². The molecule has 0 unspecified atom stereocenters. The summed E-state index contributed by atoms with van der Waals surface area (Å²) in [5.41, 5.74) is 0. The topological polar surface area (TPSA) is 17.1 Å². The molecule has 0 N–H and O–H groups in total. The predicted octanol–water partition coefficient (Wildman–Crippen LogP) is 2.05. The molecule has 0 aliphatic rings. The molecular formula is C7H7ClO. The second-order valence-corrected chi connectivity index (χ2v) is 1.66. The van der Waals surface area contributed by atoms with Gasteiger partial charge in [-0.25, -0.2) is 0 Å². The maximum absolute atomic E-state index is 10.0. The van der Waals surface area contributed by atoms with E-state index in [1.165, 1.54) is 6.08 Å². The molecule has 0 aromatic heterocycles. The highest BCUT2D eigenvalue weighted by Gasteiger charge is 1.78. The maximum Gasteiger partial charge on any atom is 0.245 e. The second kappa shape index (κ2) is 5.32. The zero-order valence-electron chi connectivity index (χ0n) is 4.88. The maximum atomic E-state index is 10.0. The van der Waals surface area contributed by atoms with Gasteiger partial charge in [-0.2, -0.15) is 0 Å². The van der Waals surface area contributed by atoms with Crippen molar-refractivity contribution >= 4 is 16.8 Å². The predicted molar refractivity (Wildman–Crippen MR) is 39.3 cm³/mol. The molecule has 0 aromatic rings. The second-order valence-electron chi connectivity index (χ2n) is 1.28. The van der Waals surface area contributed by atoms with Crippen molar-refractivity contribution in [2.45, 2.75) is 0 Å². The van der Waals surface area contributed by atoms with Crippen LogP contribution in [0.2, 0.25) is 0 Å². The lowest BCUT2D eigenvalue weighted by atomic mass is 10.4. The Morgan fingerprint density at radius 2 is 2.00 bits per heavy atom. The first kappa shape index (κ1) is 8.18. The van der Waals surface area contributed by atoms with E-state index < -0.39 is 5.24 Å². The Hall–Kier alpha value is -0.820. The average molecular weight is 143 g/mol. The minimum atomic E-state index is -0.469. The summed E-state index contributed by atoms with van der Waals surface area (Å²) in [6.07, 6.45) is 7.81. The summed E-state index contributed by atoms with van der Waals surface area (Å²) in [5, 5.41) is -0.469. The molecular weight excluding hydrogens is 136 g/mol. The number of halogens is 1. The molecule has 0 heterocycles. The molecule has 2 heteroatoms. The van der Waals surface area contributed by atoms with Gasteiger partial charge in [0.15, 0.2) is 0 Å². The molecule has 0 spiro atoms. The van der Waals surface area contributed by atoms with Gasteiger partial charge in [0, 0.05) is 0 Å². The zero-order valence-corrected chi connectivity index (χ0v) is 5.64. The molecule has 0 amide bonds. The van der Waals surface area contributed by atoms with E-state index in [-0.39, 0.29) is 0 Å². The number of hydrogen-bond acceptors (Lipinski definition) is 1. The summed E-state index contributed by atoms with van der Waals surface area (Å²) < 4.78 is 0. The third-order valence-electron chi connectivity index (χ3n) is 0.586. The molecule has 0 saturated heterocycles. The molecule has 0 aromatic carbocycles. The third-order valence-corrected chi connectivity index (χ3v) is 0.712. The van der Waals surface area contributed by atoms with Gasteiger partial charge in [-0.05, 0) is 17.7 Å². The van der Waals surface area contributed by atoms with Crippen molar-refractivity contribution in [2.24, 2.45) is 0 Å². The molecule has 0 atom stereocenters. The lowest BCUT2D eigenvalue weighted by molar-refractivity contribution is -0.107. The molecule has 0 saturated carbocycles. The third kappa shape index (κ3) is 7.18. The molecule has 0 radical (unpaired) electrons. The number of hydrogen-bond donors (Lipinski definition) is 0. The summed E-state index contributed by atoms with van der Waals surface area (Å²) in [6.45, 7) is 3.44. The van der Waals surface area contributed by atoms with Crippen LogP contribution in [0.4, 0.5) is 0 Å². The SMILES string of the molecule is C=CC=C/C=C/C(=O)Cl. The molecule has 0 bridgehead atoms. The molecule has 9 heavy (non-hydrogen) atoms. The average Bonchev–Trinajstić information content (AvgIpc) is 1.80. The van der Waals surface area contributed by atoms with Gasteiger partial charge in [-0.15, -0.1) is 0 Å². The highest BCUT2D eigenvalue weighted by molar-refractivity contribution is 6.66. The molecule has 0 rings (SSSR count). The highest BCUT2D eigenvalue weighted by Crippen LogP contribution is 1.83. The van der Waals surface area contributed by atoms with E-state index in [1.807, 2.05) is 0 Å². The van der Waals surface area contributed by atoms with Crippen molar-refractivity contribution in [1.29, 1.82) is 0 Å². The zero-order chi connectivity index (χ0) is 7.11. The Labute approximate surface area is 59.3 Å². The first-order chi connectivity index (χ1) is 4.27. The summed E-state index contributed by atoms with van der Waals surface area (Å²) >= 11 is 4.97. The normalized spacial score (nSPS) is 10.8. The van der Waals surface area contributed by atoms with Crippen LogP contribution in [0.3, 0.4) is 0 Å². The highest BCUT2D eigenvalue weighted by atomic mass is 35.5. The van der Waals surface area contributed by atoms with E-state index in [1.54, 1.807) is 24.3 Å². The van der Waals surface area contributed by atoms with Crippen LogP contribution in [0.1, 0.15) is 0 Å². The van der Waals surface area contributed by atoms with E-state index >= 15 is 0 Å². The summed E-state index contributed by atoms with van der Waals surface area (Å²) in [6, 6.07) is 0. The fourth-order valence-electron chi connectivity index (χ4n) is 0.274. The molecule has 1 nitrogen and oxygen atoms in total. The quantitative estimate of drug-likeness (QED) is 0.335. The van der Waals surface area contributed by atoms with E-state index in [9.17, 15) is 4.79 Å². The fourth-order valence-corrected chi connectivity index (χ4v) is 0.347. The van der Waals surface area contributed by atoms with Gasteiger partial charge in [-0.1, -0.05) is 30.9 Å². The Morgan fingerprint density at radius 3 is 2.44 bits per heavy atom. The van der Waals surface area contributed by atoms with Crippen molar-refractivity contribution in [2.75, 3.05) is 0 Å². The van der Waals surface area contributed by atoms with Crippen LogP contribution in [0.5, 0.6) is 0 Å². The van der Waals surface area contributed by atoms with E-state index in [0.29, 0.717) is 0 Å². The van der Waals surface area contributed by atoms with Crippen molar-refractivity contribution in [3.05, 3.63) is 37.0 Å². The van der Waals surface area contributed by atoms with Gasteiger partial charge in [0.1, 0.15) is 0 Å². The van der Waals surface area contributed by atoms with Crippen LogP contribution in [-0.2, 0) is 4.79 Å². The molecule has 0 aliphatic heterocycles. The standard InChI is InChI=1S/C7H7ClO/c1-2-3-4-5-6-7(8)9/h2-6H,1H2/b4-3?,6-5+. The number of carbonyl (C=O) groups excluding carboxylic acids is 1. The number of carbonyl (C=O) groups is 1. The number of allylic oxidation sites excluding steroid dienone is 5. The molecule has 48 valence electrons. The van der Waals surface area contributed by atoms with Crippen molar-refractivity contribution < 1.29 is 4.79 Å². The lowest BCUT2D eigenvalue weighted by Crippen LogP contribution is -1.71. The van der Waals surface area contributed by atoms with E-state index in [0.717, 1.165) is 0 Å². The molecule has 0 fully saturated rings. The van der Waals surface area contributed by atoms with Crippen LogP contribution < -0.4 is 0 Å².